The van der Waals surface area contributed by atoms with Crippen LogP contribution < -0.4 is 5.32 Å². The van der Waals surface area contributed by atoms with Gasteiger partial charge in [-0.05, 0) is 40.0 Å². The minimum absolute atomic E-state index is 0.317. The summed E-state index contributed by atoms with van der Waals surface area (Å²) in [6.07, 6.45) is 3.32. The maximum Gasteiger partial charge on any atom is 0.162 e. The SMILES string of the molecule is CNc1nc(C2(C)CCCCO2)nc(C)c1C. The molecule has 1 fully saturated rings. The van der Waals surface area contributed by atoms with E-state index >= 15 is 0 Å². The summed E-state index contributed by atoms with van der Waals surface area (Å²) in [5.74, 6) is 1.72. The first-order valence-electron chi connectivity index (χ1n) is 6.24. The standard InChI is InChI=1S/C13H21N3O/c1-9-10(2)15-12(16-11(9)14-4)13(3)7-5-6-8-17-13/h5-8H2,1-4H3,(H,14,15,16). The number of aromatic nitrogens is 2. The van der Waals surface area contributed by atoms with Crippen molar-refractivity contribution in [1.29, 1.82) is 0 Å². The van der Waals surface area contributed by atoms with Crippen LogP contribution in [0, 0.1) is 13.8 Å². The second kappa shape index (κ2) is 4.61. The number of hydrogen-bond acceptors (Lipinski definition) is 4. The Bertz CT molecular complexity index is 411. The molecule has 0 saturated carbocycles. The number of nitrogens with one attached hydrogen (secondary N) is 1. The third kappa shape index (κ3) is 2.27. The van der Waals surface area contributed by atoms with E-state index in [4.69, 9.17) is 4.74 Å². The monoisotopic (exact) mass is 235 g/mol. The van der Waals surface area contributed by atoms with Gasteiger partial charge in [0, 0.05) is 24.9 Å². The lowest BCUT2D eigenvalue weighted by atomic mass is 9.95. The summed E-state index contributed by atoms with van der Waals surface area (Å²) in [6, 6.07) is 0. The van der Waals surface area contributed by atoms with Gasteiger partial charge in [-0.3, -0.25) is 0 Å². The van der Waals surface area contributed by atoms with E-state index in [-0.39, 0.29) is 5.60 Å². The van der Waals surface area contributed by atoms with Crippen LogP contribution in [0.2, 0.25) is 0 Å². The van der Waals surface area contributed by atoms with Gasteiger partial charge in [0.25, 0.3) is 0 Å². The van der Waals surface area contributed by atoms with Crippen LogP contribution in [-0.2, 0) is 10.3 Å². The summed E-state index contributed by atoms with van der Waals surface area (Å²) in [5.41, 5.74) is 1.81. The molecule has 17 heavy (non-hydrogen) atoms. The molecule has 1 aromatic heterocycles. The molecule has 1 N–H and O–H groups in total. The van der Waals surface area contributed by atoms with E-state index in [1.807, 2.05) is 20.9 Å². The van der Waals surface area contributed by atoms with Crippen LogP contribution in [0.5, 0.6) is 0 Å². The largest absolute Gasteiger partial charge is 0.373 e. The Morgan fingerprint density at radius 1 is 1.24 bits per heavy atom. The lowest BCUT2D eigenvalue weighted by molar-refractivity contribution is -0.0760. The fraction of sp³-hybridized carbons (Fsp3) is 0.692. The van der Waals surface area contributed by atoms with Gasteiger partial charge in [0.05, 0.1) is 0 Å². The van der Waals surface area contributed by atoms with Gasteiger partial charge in [-0.2, -0.15) is 0 Å². The Hall–Kier alpha value is -1.16. The van der Waals surface area contributed by atoms with Crippen molar-refractivity contribution in [3.05, 3.63) is 17.1 Å². The molecule has 0 spiro atoms. The highest BCUT2D eigenvalue weighted by atomic mass is 16.5. The molecule has 94 valence electrons. The van der Waals surface area contributed by atoms with Gasteiger partial charge in [0.15, 0.2) is 5.82 Å². The summed E-state index contributed by atoms with van der Waals surface area (Å²) in [4.78, 5) is 9.20. The summed E-state index contributed by atoms with van der Waals surface area (Å²) < 4.78 is 5.89. The first-order valence-corrected chi connectivity index (χ1v) is 6.24. The Kier molecular flexibility index (Phi) is 3.33. The number of rotatable bonds is 2. The zero-order valence-electron chi connectivity index (χ0n) is 11.1. The molecular formula is C13H21N3O. The van der Waals surface area contributed by atoms with Crippen molar-refractivity contribution in [3.63, 3.8) is 0 Å². The van der Waals surface area contributed by atoms with Crippen LogP contribution in [0.25, 0.3) is 0 Å². The Balaban J connectivity index is 2.41. The van der Waals surface area contributed by atoms with Gasteiger partial charge in [0.1, 0.15) is 11.4 Å². The molecule has 1 unspecified atom stereocenters. The van der Waals surface area contributed by atoms with Crippen molar-refractivity contribution >= 4 is 5.82 Å². The maximum absolute atomic E-state index is 5.89. The minimum atomic E-state index is -0.317. The Morgan fingerprint density at radius 2 is 2.00 bits per heavy atom. The molecule has 1 aliphatic heterocycles. The summed E-state index contributed by atoms with van der Waals surface area (Å²) in [5, 5.41) is 3.13. The van der Waals surface area contributed by atoms with Gasteiger partial charge in [0.2, 0.25) is 0 Å². The lowest BCUT2D eigenvalue weighted by Crippen LogP contribution is -2.33. The van der Waals surface area contributed by atoms with Crippen LogP contribution in [0.4, 0.5) is 5.82 Å². The van der Waals surface area contributed by atoms with Gasteiger partial charge in [-0.15, -0.1) is 0 Å². The van der Waals surface area contributed by atoms with Crippen molar-refractivity contribution in [3.8, 4) is 0 Å². The van der Waals surface area contributed by atoms with Crippen molar-refractivity contribution in [2.45, 2.75) is 45.6 Å². The molecule has 1 aliphatic rings. The molecule has 0 amide bonds. The number of hydrogen-bond donors (Lipinski definition) is 1. The fourth-order valence-electron chi connectivity index (χ4n) is 2.22. The molecule has 4 nitrogen and oxygen atoms in total. The number of ether oxygens (including phenoxy) is 1. The molecule has 0 aliphatic carbocycles. The molecule has 1 atom stereocenters. The molecule has 0 bridgehead atoms. The van der Waals surface area contributed by atoms with Gasteiger partial charge in [-0.25, -0.2) is 9.97 Å². The summed E-state index contributed by atoms with van der Waals surface area (Å²) in [6.45, 7) is 6.96. The first kappa shape index (κ1) is 12.3. The predicted molar refractivity (Wildman–Crippen MR) is 68.2 cm³/mol. The van der Waals surface area contributed by atoms with E-state index in [1.165, 1.54) is 6.42 Å². The van der Waals surface area contributed by atoms with E-state index in [2.05, 4.69) is 22.2 Å². The summed E-state index contributed by atoms with van der Waals surface area (Å²) in [7, 11) is 1.89. The molecule has 4 heteroatoms. The van der Waals surface area contributed by atoms with Crippen LogP contribution in [0.15, 0.2) is 0 Å². The van der Waals surface area contributed by atoms with Gasteiger partial charge in [-0.1, -0.05) is 0 Å². The van der Waals surface area contributed by atoms with Crippen molar-refractivity contribution < 1.29 is 4.74 Å². The highest BCUT2D eigenvalue weighted by Gasteiger charge is 2.33. The average molecular weight is 235 g/mol. The second-order valence-electron chi connectivity index (χ2n) is 4.89. The van der Waals surface area contributed by atoms with E-state index in [0.29, 0.717) is 0 Å². The van der Waals surface area contributed by atoms with E-state index in [0.717, 1.165) is 42.3 Å². The predicted octanol–water partition coefficient (Wildman–Crippen LogP) is 2.55. The number of anilines is 1. The van der Waals surface area contributed by atoms with Gasteiger partial charge >= 0.3 is 0 Å². The number of aryl methyl sites for hydroxylation is 1. The molecule has 1 aromatic rings. The minimum Gasteiger partial charge on any atom is -0.373 e. The van der Waals surface area contributed by atoms with Gasteiger partial charge < -0.3 is 10.1 Å². The van der Waals surface area contributed by atoms with E-state index in [9.17, 15) is 0 Å². The fourth-order valence-corrected chi connectivity index (χ4v) is 2.22. The normalized spacial score (nSPS) is 24.7. The third-order valence-corrected chi connectivity index (χ3v) is 3.57. The molecule has 0 radical (unpaired) electrons. The van der Waals surface area contributed by atoms with E-state index in [1.54, 1.807) is 0 Å². The smallest absolute Gasteiger partial charge is 0.162 e. The zero-order chi connectivity index (χ0) is 12.5. The van der Waals surface area contributed by atoms with Crippen molar-refractivity contribution in [1.82, 2.24) is 9.97 Å². The van der Waals surface area contributed by atoms with Crippen molar-refractivity contribution in [2.24, 2.45) is 0 Å². The Labute approximate surface area is 103 Å². The number of nitrogens with zero attached hydrogens (tertiary/aromatic N) is 2. The highest BCUT2D eigenvalue weighted by molar-refractivity contribution is 5.45. The van der Waals surface area contributed by atoms with Crippen LogP contribution in [0.1, 0.15) is 43.3 Å². The third-order valence-electron chi connectivity index (χ3n) is 3.57. The van der Waals surface area contributed by atoms with Crippen LogP contribution >= 0.6 is 0 Å². The van der Waals surface area contributed by atoms with Crippen molar-refractivity contribution in [2.75, 3.05) is 19.0 Å². The summed E-state index contributed by atoms with van der Waals surface area (Å²) >= 11 is 0. The first-order chi connectivity index (χ1) is 8.07. The van der Waals surface area contributed by atoms with E-state index < -0.39 is 0 Å². The lowest BCUT2D eigenvalue weighted by Gasteiger charge is -2.32. The molecule has 1 saturated heterocycles. The quantitative estimate of drug-likeness (QED) is 0.855. The maximum atomic E-state index is 5.89. The molecule has 0 aromatic carbocycles. The second-order valence-corrected chi connectivity index (χ2v) is 4.89. The zero-order valence-corrected chi connectivity index (χ0v) is 11.1. The van der Waals surface area contributed by atoms with Crippen LogP contribution in [-0.4, -0.2) is 23.6 Å². The highest BCUT2D eigenvalue weighted by Crippen LogP contribution is 2.33. The average Bonchev–Trinajstić information content (AvgIpc) is 2.33. The molecule has 2 rings (SSSR count). The molecule has 2 heterocycles. The van der Waals surface area contributed by atoms with Crippen LogP contribution in [0.3, 0.4) is 0 Å². The molecular weight excluding hydrogens is 214 g/mol. The topological polar surface area (TPSA) is 47.0 Å². The Morgan fingerprint density at radius 3 is 2.59 bits per heavy atom.